The van der Waals surface area contributed by atoms with Gasteiger partial charge in [0.2, 0.25) is 0 Å². The number of piperidine rings is 1. The number of benzene rings is 2. The number of hydrogen-bond donors (Lipinski definition) is 1. The second kappa shape index (κ2) is 9.27. The summed E-state index contributed by atoms with van der Waals surface area (Å²) in [5.41, 5.74) is -3.11. The molecule has 2 aromatic carbocycles. The first-order valence-corrected chi connectivity index (χ1v) is 12.0. The van der Waals surface area contributed by atoms with E-state index >= 15 is 0 Å². The zero-order valence-electron chi connectivity index (χ0n) is 19.6. The van der Waals surface area contributed by atoms with E-state index in [0.717, 1.165) is 5.56 Å². The van der Waals surface area contributed by atoms with Gasteiger partial charge in [-0.25, -0.2) is 4.98 Å². The maximum atomic E-state index is 14.1. The van der Waals surface area contributed by atoms with Gasteiger partial charge in [-0.1, -0.05) is 30.3 Å². The quantitative estimate of drug-likeness (QED) is 0.408. The van der Waals surface area contributed by atoms with Crippen LogP contribution in [-0.4, -0.2) is 32.4 Å². The number of carbonyl (C=O) groups is 1. The highest BCUT2D eigenvalue weighted by atomic mass is 19.4. The number of carbonyl (C=O) groups excluding carboxylic acids is 1. The topological polar surface area (TPSA) is 61.9 Å². The second-order valence-electron chi connectivity index (χ2n) is 9.77. The standard InChI is InChI=1S/C26H24F6N4O/c27-25(28,29)18-11-17(12-19(13-18)26(30,31)32)20-7-9-24(23(20)37)8-4-10-36(14-21-33-15-34-35-21)22(24)16-5-2-1-3-6-16/h1-3,5-6,11-13,15,20,22H,4,7-10,14H2,(H,33,34,35). The van der Waals surface area contributed by atoms with Crippen LogP contribution >= 0.6 is 0 Å². The van der Waals surface area contributed by atoms with Crippen LogP contribution in [0.25, 0.3) is 0 Å². The van der Waals surface area contributed by atoms with Gasteiger partial charge < -0.3 is 0 Å². The highest BCUT2D eigenvalue weighted by molar-refractivity contribution is 5.94. The SMILES string of the molecule is O=C1C(c2cc(C(F)(F)F)cc(C(F)(F)F)c2)CCC12CCCN(Cc1ncn[nH]1)C2c1ccccc1. The fourth-order valence-corrected chi connectivity index (χ4v) is 6.07. The lowest BCUT2D eigenvalue weighted by atomic mass is 9.67. The fraction of sp³-hybridized carbons (Fsp3) is 0.423. The van der Waals surface area contributed by atoms with Gasteiger partial charge in [-0.2, -0.15) is 31.4 Å². The Morgan fingerprint density at radius 2 is 1.62 bits per heavy atom. The van der Waals surface area contributed by atoms with Gasteiger partial charge in [-0.05, 0) is 61.6 Å². The van der Waals surface area contributed by atoms with Gasteiger partial charge >= 0.3 is 12.4 Å². The Balaban J connectivity index is 1.56. The van der Waals surface area contributed by atoms with E-state index in [4.69, 9.17) is 0 Å². The van der Waals surface area contributed by atoms with Crippen LogP contribution in [0, 0.1) is 5.41 Å². The molecule has 3 aromatic rings. The first-order chi connectivity index (χ1) is 17.5. The van der Waals surface area contributed by atoms with Crippen molar-refractivity contribution in [1.29, 1.82) is 0 Å². The zero-order valence-corrected chi connectivity index (χ0v) is 19.6. The smallest absolute Gasteiger partial charge is 0.298 e. The molecular weight excluding hydrogens is 498 g/mol. The number of Topliss-reactive ketones (excluding diaryl/α,β-unsaturated/α-hetero) is 1. The molecule has 196 valence electrons. The Labute approximate surface area is 208 Å². The van der Waals surface area contributed by atoms with Crippen molar-refractivity contribution in [2.75, 3.05) is 6.54 Å². The molecule has 1 aromatic heterocycles. The average Bonchev–Trinajstić information content (AvgIpc) is 3.47. The van der Waals surface area contributed by atoms with Gasteiger partial charge in [0.05, 0.1) is 17.7 Å². The highest BCUT2D eigenvalue weighted by Gasteiger charge is 2.56. The van der Waals surface area contributed by atoms with Crippen molar-refractivity contribution in [1.82, 2.24) is 20.1 Å². The van der Waals surface area contributed by atoms with E-state index in [-0.39, 0.29) is 23.8 Å². The Morgan fingerprint density at radius 1 is 0.946 bits per heavy atom. The van der Waals surface area contributed by atoms with Crippen molar-refractivity contribution in [3.63, 3.8) is 0 Å². The summed E-state index contributed by atoms with van der Waals surface area (Å²) < 4.78 is 81.1. The zero-order chi connectivity index (χ0) is 26.4. The lowest BCUT2D eigenvalue weighted by Gasteiger charge is -2.47. The number of likely N-dealkylation sites (tertiary alicyclic amines) is 1. The number of alkyl halides is 6. The molecule has 1 aliphatic heterocycles. The molecule has 0 amide bonds. The normalized spacial score (nSPS) is 25.2. The number of rotatable bonds is 4. The van der Waals surface area contributed by atoms with E-state index in [0.29, 0.717) is 50.3 Å². The molecule has 37 heavy (non-hydrogen) atoms. The van der Waals surface area contributed by atoms with Gasteiger partial charge in [0.1, 0.15) is 17.9 Å². The molecule has 0 radical (unpaired) electrons. The van der Waals surface area contributed by atoms with Gasteiger partial charge in [0, 0.05) is 17.4 Å². The molecule has 5 rings (SSSR count). The van der Waals surface area contributed by atoms with Gasteiger partial charge in [0.25, 0.3) is 0 Å². The Hall–Kier alpha value is -3.21. The maximum absolute atomic E-state index is 14.1. The molecule has 3 atom stereocenters. The van der Waals surface area contributed by atoms with Crippen molar-refractivity contribution < 1.29 is 31.1 Å². The van der Waals surface area contributed by atoms with Gasteiger partial charge in [0.15, 0.2) is 0 Å². The Morgan fingerprint density at radius 3 is 2.22 bits per heavy atom. The van der Waals surface area contributed by atoms with Crippen LogP contribution in [-0.2, 0) is 23.7 Å². The van der Waals surface area contributed by atoms with E-state index in [1.54, 1.807) is 0 Å². The number of aromatic nitrogens is 3. The number of aromatic amines is 1. The molecule has 2 heterocycles. The van der Waals surface area contributed by atoms with Crippen LogP contribution in [0.5, 0.6) is 0 Å². The summed E-state index contributed by atoms with van der Waals surface area (Å²) in [5.74, 6) is -0.761. The number of hydrogen-bond acceptors (Lipinski definition) is 4. The predicted molar refractivity (Wildman–Crippen MR) is 121 cm³/mol. The lowest BCUT2D eigenvalue weighted by Crippen LogP contribution is -2.48. The first kappa shape index (κ1) is 25.4. The fourth-order valence-electron chi connectivity index (χ4n) is 6.07. The summed E-state index contributed by atoms with van der Waals surface area (Å²) in [6.07, 6.45) is -6.86. The molecule has 0 bridgehead atoms. The largest absolute Gasteiger partial charge is 0.416 e. The van der Waals surface area contributed by atoms with E-state index in [1.165, 1.54) is 6.33 Å². The third-order valence-corrected chi connectivity index (χ3v) is 7.59. The Kier molecular flexibility index (Phi) is 6.37. The maximum Gasteiger partial charge on any atom is 0.416 e. The number of nitrogens with zero attached hydrogens (tertiary/aromatic N) is 3. The van der Waals surface area contributed by atoms with Crippen LogP contribution in [0.15, 0.2) is 54.9 Å². The number of H-pyrrole nitrogens is 1. The van der Waals surface area contributed by atoms with E-state index in [1.807, 2.05) is 30.3 Å². The molecule has 11 heteroatoms. The van der Waals surface area contributed by atoms with Crippen LogP contribution in [0.2, 0.25) is 0 Å². The predicted octanol–water partition coefficient (Wildman–Crippen LogP) is 6.31. The highest BCUT2D eigenvalue weighted by Crippen LogP contribution is 2.57. The van der Waals surface area contributed by atoms with E-state index in [9.17, 15) is 31.1 Å². The summed E-state index contributed by atoms with van der Waals surface area (Å²) in [6, 6.07) is 10.4. The minimum atomic E-state index is -4.97. The third-order valence-electron chi connectivity index (χ3n) is 7.59. The number of halogens is 6. The Bertz CT molecular complexity index is 1230. The van der Waals surface area contributed by atoms with Crippen LogP contribution < -0.4 is 0 Å². The van der Waals surface area contributed by atoms with Crippen molar-refractivity contribution >= 4 is 5.78 Å². The summed E-state index contributed by atoms with van der Waals surface area (Å²) in [4.78, 5) is 20.4. The van der Waals surface area contributed by atoms with Gasteiger partial charge in [-0.15, -0.1) is 0 Å². The van der Waals surface area contributed by atoms with Crippen LogP contribution in [0.1, 0.15) is 65.7 Å². The van der Waals surface area contributed by atoms with E-state index in [2.05, 4.69) is 20.1 Å². The summed E-state index contributed by atoms with van der Waals surface area (Å²) >= 11 is 0. The van der Waals surface area contributed by atoms with Gasteiger partial charge in [-0.3, -0.25) is 14.8 Å². The summed E-state index contributed by atoms with van der Waals surface area (Å²) in [7, 11) is 0. The molecule has 1 saturated heterocycles. The summed E-state index contributed by atoms with van der Waals surface area (Å²) in [5, 5.41) is 6.70. The molecule has 2 aliphatic rings. The molecule has 1 saturated carbocycles. The molecular formula is C26H24F6N4O. The third kappa shape index (κ3) is 4.76. The molecule has 1 spiro atoms. The molecule has 3 unspecified atom stereocenters. The average molecular weight is 522 g/mol. The number of ketones is 1. The van der Waals surface area contributed by atoms with Crippen LogP contribution in [0.4, 0.5) is 26.3 Å². The minimum absolute atomic E-state index is 0.102. The van der Waals surface area contributed by atoms with Crippen LogP contribution in [0.3, 0.4) is 0 Å². The monoisotopic (exact) mass is 522 g/mol. The van der Waals surface area contributed by atoms with Crippen molar-refractivity contribution in [3.05, 3.63) is 82.9 Å². The molecule has 5 nitrogen and oxygen atoms in total. The summed E-state index contributed by atoms with van der Waals surface area (Å²) in [6.45, 7) is 1.03. The molecule has 2 fully saturated rings. The lowest BCUT2D eigenvalue weighted by molar-refractivity contribution is -0.143. The molecule has 1 aliphatic carbocycles. The van der Waals surface area contributed by atoms with Crippen molar-refractivity contribution in [2.24, 2.45) is 5.41 Å². The second-order valence-corrected chi connectivity index (χ2v) is 9.77. The number of nitrogens with one attached hydrogen (secondary N) is 1. The van der Waals surface area contributed by atoms with E-state index < -0.39 is 40.9 Å². The van der Waals surface area contributed by atoms with Crippen molar-refractivity contribution in [2.45, 2.75) is 56.5 Å². The van der Waals surface area contributed by atoms with Crippen molar-refractivity contribution in [3.8, 4) is 0 Å². The minimum Gasteiger partial charge on any atom is -0.298 e. The first-order valence-electron chi connectivity index (χ1n) is 12.0. The molecule has 1 N–H and O–H groups in total.